The van der Waals surface area contributed by atoms with Gasteiger partial charge in [-0.25, -0.2) is 0 Å². The van der Waals surface area contributed by atoms with Gasteiger partial charge in [0.1, 0.15) is 0 Å². The molecule has 0 aromatic heterocycles. The van der Waals surface area contributed by atoms with Crippen LogP contribution in [0.4, 0.5) is 0 Å². The number of rotatable bonds is 7. The molecule has 2 N–H and O–H groups in total. The standard InChI is InChI=1S/C14H22ClN/c1-2-3-4-5-6-7-14(16)12-8-10-13(15)11-9-12/h8-11,14H,2-7,16H2,1H3. The molecule has 0 heterocycles. The number of nitrogens with two attached hydrogens (primary N) is 1. The van der Waals surface area contributed by atoms with Crippen LogP contribution < -0.4 is 5.73 Å². The molecule has 1 atom stereocenters. The Labute approximate surface area is 104 Å². The van der Waals surface area contributed by atoms with Crippen LogP contribution >= 0.6 is 11.6 Å². The van der Waals surface area contributed by atoms with Crippen molar-refractivity contribution >= 4 is 11.6 Å². The quantitative estimate of drug-likeness (QED) is 0.686. The molecule has 16 heavy (non-hydrogen) atoms. The van der Waals surface area contributed by atoms with Crippen molar-refractivity contribution in [1.29, 1.82) is 0 Å². The van der Waals surface area contributed by atoms with Crippen molar-refractivity contribution in [3.63, 3.8) is 0 Å². The molecule has 0 saturated carbocycles. The smallest absolute Gasteiger partial charge is 0.0406 e. The highest BCUT2D eigenvalue weighted by atomic mass is 35.5. The number of unbranched alkanes of at least 4 members (excludes halogenated alkanes) is 4. The molecule has 1 aromatic rings. The van der Waals surface area contributed by atoms with E-state index in [9.17, 15) is 0 Å². The van der Waals surface area contributed by atoms with E-state index < -0.39 is 0 Å². The Morgan fingerprint density at radius 3 is 2.31 bits per heavy atom. The highest BCUT2D eigenvalue weighted by Gasteiger charge is 2.04. The van der Waals surface area contributed by atoms with E-state index in [2.05, 4.69) is 6.92 Å². The minimum Gasteiger partial charge on any atom is -0.324 e. The Morgan fingerprint density at radius 1 is 1.06 bits per heavy atom. The van der Waals surface area contributed by atoms with E-state index in [-0.39, 0.29) is 6.04 Å². The van der Waals surface area contributed by atoms with Crippen LogP contribution in [0.2, 0.25) is 5.02 Å². The summed E-state index contributed by atoms with van der Waals surface area (Å²) >= 11 is 5.84. The van der Waals surface area contributed by atoms with Crippen molar-refractivity contribution in [3.8, 4) is 0 Å². The minimum atomic E-state index is 0.166. The number of halogens is 1. The van der Waals surface area contributed by atoms with E-state index >= 15 is 0 Å². The third kappa shape index (κ3) is 5.00. The van der Waals surface area contributed by atoms with Crippen LogP contribution in [0.3, 0.4) is 0 Å². The minimum absolute atomic E-state index is 0.166. The van der Waals surface area contributed by atoms with Crippen molar-refractivity contribution in [1.82, 2.24) is 0 Å². The van der Waals surface area contributed by atoms with Crippen LogP contribution in [0.5, 0.6) is 0 Å². The van der Waals surface area contributed by atoms with Gasteiger partial charge in [-0.1, -0.05) is 62.8 Å². The summed E-state index contributed by atoms with van der Waals surface area (Å²) in [4.78, 5) is 0. The second-order valence-electron chi connectivity index (χ2n) is 4.36. The summed E-state index contributed by atoms with van der Waals surface area (Å²) in [6.07, 6.45) is 7.58. The number of benzene rings is 1. The van der Waals surface area contributed by atoms with Gasteiger partial charge in [-0.15, -0.1) is 0 Å². The molecule has 1 aromatic carbocycles. The van der Waals surface area contributed by atoms with Crippen LogP contribution in [-0.4, -0.2) is 0 Å². The molecule has 0 aliphatic carbocycles. The van der Waals surface area contributed by atoms with Crippen molar-refractivity contribution in [2.75, 3.05) is 0 Å². The van der Waals surface area contributed by atoms with Crippen LogP contribution in [-0.2, 0) is 0 Å². The Hall–Kier alpha value is -0.530. The Balaban J connectivity index is 2.24. The van der Waals surface area contributed by atoms with Gasteiger partial charge in [0.15, 0.2) is 0 Å². The van der Waals surface area contributed by atoms with Crippen LogP contribution in [0.25, 0.3) is 0 Å². The molecule has 0 spiro atoms. The first-order valence-electron chi connectivity index (χ1n) is 6.25. The zero-order valence-corrected chi connectivity index (χ0v) is 10.8. The molecule has 0 aliphatic rings. The van der Waals surface area contributed by atoms with Gasteiger partial charge in [-0.3, -0.25) is 0 Å². The third-order valence-corrected chi connectivity index (χ3v) is 3.17. The lowest BCUT2D eigenvalue weighted by Crippen LogP contribution is -2.09. The van der Waals surface area contributed by atoms with Crippen molar-refractivity contribution < 1.29 is 0 Å². The second kappa shape index (κ2) is 7.70. The maximum atomic E-state index is 6.12. The molecule has 0 fully saturated rings. The van der Waals surface area contributed by atoms with Crippen LogP contribution in [0.15, 0.2) is 24.3 Å². The lowest BCUT2D eigenvalue weighted by molar-refractivity contribution is 0.555. The van der Waals surface area contributed by atoms with Crippen molar-refractivity contribution in [2.45, 2.75) is 51.5 Å². The normalized spacial score (nSPS) is 12.7. The first kappa shape index (κ1) is 13.5. The molecule has 0 saturated heterocycles. The van der Waals surface area contributed by atoms with Crippen molar-refractivity contribution in [3.05, 3.63) is 34.9 Å². The molecule has 2 heteroatoms. The molecule has 0 amide bonds. The highest BCUT2D eigenvalue weighted by molar-refractivity contribution is 6.30. The maximum absolute atomic E-state index is 6.12. The predicted octanol–water partition coefficient (Wildman–Crippen LogP) is 4.70. The molecule has 1 unspecified atom stereocenters. The van der Waals surface area contributed by atoms with Gasteiger partial charge in [-0.2, -0.15) is 0 Å². The molecule has 1 rings (SSSR count). The lowest BCUT2D eigenvalue weighted by Gasteiger charge is -2.11. The zero-order chi connectivity index (χ0) is 11.8. The zero-order valence-electron chi connectivity index (χ0n) is 10.1. The summed E-state index contributed by atoms with van der Waals surface area (Å²) in [5, 5.41) is 0.777. The second-order valence-corrected chi connectivity index (χ2v) is 4.80. The summed E-state index contributed by atoms with van der Waals surface area (Å²) in [5.41, 5.74) is 7.31. The average Bonchev–Trinajstić information content (AvgIpc) is 2.29. The molecular formula is C14H22ClN. The Kier molecular flexibility index (Phi) is 6.51. The van der Waals surface area contributed by atoms with E-state index in [4.69, 9.17) is 17.3 Å². The Morgan fingerprint density at radius 2 is 1.69 bits per heavy atom. The fraction of sp³-hybridized carbons (Fsp3) is 0.571. The molecule has 0 radical (unpaired) electrons. The summed E-state index contributed by atoms with van der Waals surface area (Å²) < 4.78 is 0. The molecule has 1 nitrogen and oxygen atoms in total. The summed E-state index contributed by atoms with van der Waals surface area (Å²) in [6, 6.07) is 8.04. The van der Waals surface area contributed by atoms with Gasteiger partial charge in [0.05, 0.1) is 0 Å². The van der Waals surface area contributed by atoms with Crippen LogP contribution in [0, 0.1) is 0 Å². The fourth-order valence-corrected chi connectivity index (χ4v) is 1.97. The predicted molar refractivity (Wildman–Crippen MR) is 71.8 cm³/mol. The van der Waals surface area contributed by atoms with Crippen molar-refractivity contribution in [2.24, 2.45) is 5.73 Å². The first-order valence-corrected chi connectivity index (χ1v) is 6.63. The fourth-order valence-electron chi connectivity index (χ4n) is 1.84. The van der Waals surface area contributed by atoms with Gasteiger partial charge in [0, 0.05) is 11.1 Å². The van der Waals surface area contributed by atoms with Crippen LogP contribution in [0.1, 0.15) is 57.1 Å². The highest BCUT2D eigenvalue weighted by Crippen LogP contribution is 2.19. The topological polar surface area (TPSA) is 26.0 Å². The van der Waals surface area contributed by atoms with E-state index in [1.54, 1.807) is 0 Å². The molecular weight excluding hydrogens is 218 g/mol. The SMILES string of the molecule is CCCCCCCC(N)c1ccc(Cl)cc1. The Bertz CT molecular complexity index is 281. The van der Waals surface area contributed by atoms with E-state index in [0.717, 1.165) is 11.4 Å². The number of hydrogen-bond acceptors (Lipinski definition) is 1. The van der Waals surface area contributed by atoms with Gasteiger partial charge < -0.3 is 5.73 Å². The summed E-state index contributed by atoms with van der Waals surface area (Å²) in [5.74, 6) is 0. The average molecular weight is 240 g/mol. The largest absolute Gasteiger partial charge is 0.324 e. The third-order valence-electron chi connectivity index (χ3n) is 2.92. The van der Waals surface area contributed by atoms with E-state index in [1.165, 1.54) is 37.7 Å². The van der Waals surface area contributed by atoms with Gasteiger partial charge >= 0.3 is 0 Å². The van der Waals surface area contributed by atoms with E-state index in [0.29, 0.717) is 0 Å². The van der Waals surface area contributed by atoms with E-state index in [1.807, 2.05) is 24.3 Å². The molecule has 90 valence electrons. The maximum Gasteiger partial charge on any atom is 0.0406 e. The summed E-state index contributed by atoms with van der Waals surface area (Å²) in [6.45, 7) is 2.24. The van der Waals surface area contributed by atoms with Gasteiger partial charge in [0.2, 0.25) is 0 Å². The molecule has 0 bridgehead atoms. The van der Waals surface area contributed by atoms with Gasteiger partial charge in [0.25, 0.3) is 0 Å². The lowest BCUT2D eigenvalue weighted by atomic mass is 10.0. The first-order chi connectivity index (χ1) is 7.74. The summed E-state index contributed by atoms with van der Waals surface area (Å²) in [7, 11) is 0. The van der Waals surface area contributed by atoms with Gasteiger partial charge in [-0.05, 0) is 24.1 Å². The number of hydrogen-bond donors (Lipinski definition) is 1. The molecule has 0 aliphatic heterocycles. The monoisotopic (exact) mass is 239 g/mol.